The standard InChI is InChI=1S/C11H15BrClN3O/c12-9-10(15-6-16-11(9)17)14-5-8-3-1-2-7(8)4-13/h6-8H,1-5H2,(H2,14,15,16,17). The average molecular weight is 321 g/mol. The highest BCUT2D eigenvalue weighted by atomic mass is 79.9. The molecule has 0 bridgehead atoms. The summed E-state index contributed by atoms with van der Waals surface area (Å²) in [7, 11) is 0. The predicted molar refractivity (Wildman–Crippen MR) is 72.6 cm³/mol. The molecule has 0 spiro atoms. The van der Waals surface area contributed by atoms with Crippen LogP contribution in [0.4, 0.5) is 5.82 Å². The van der Waals surface area contributed by atoms with Crippen molar-refractivity contribution in [2.24, 2.45) is 11.8 Å². The van der Waals surface area contributed by atoms with Crippen LogP contribution in [-0.2, 0) is 0 Å². The maximum atomic E-state index is 11.4. The first-order chi connectivity index (χ1) is 8.22. The highest BCUT2D eigenvalue weighted by Crippen LogP contribution is 2.32. The summed E-state index contributed by atoms with van der Waals surface area (Å²) in [5.41, 5.74) is -0.164. The van der Waals surface area contributed by atoms with Gasteiger partial charge in [0.1, 0.15) is 10.3 Å². The van der Waals surface area contributed by atoms with Gasteiger partial charge in [-0.3, -0.25) is 4.79 Å². The summed E-state index contributed by atoms with van der Waals surface area (Å²) in [4.78, 5) is 18.0. The molecule has 6 heteroatoms. The lowest BCUT2D eigenvalue weighted by molar-refractivity contribution is 0.444. The normalized spacial score (nSPS) is 23.9. The molecule has 17 heavy (non-hydrogen) atoms. The lowest BCUT2D eigenvalue weighted by Gasteiger charge is -2.18. The minimum atomic E-state index is -0.164. The van der Waals surface area contributed by atoms with Gasteiger partial charge >= 0.3 is 0 Å². The van der Waals surface area contributed by atoms with E-state index in [4.69, 9.17) is 11.6 Å². The van der Waals surface area contributed by atoms with Gasteiger partial charge in [0.2, 0.25) is 0 Å². The average Bonchev–Trinajstić information content (AvgIpc) is 2.78. The van der Waals surface area contributed by atoms with Crippen LogP contribution >= 0.6 is 27.5 Å². The highest BCUT2D eigenvalue weighted by Gasteiger charge is 2.26. The first-order valence-electron chi connectivity index (χ1n) is 5.75. The van der Waals surface area contributed by atoms with Gasteiger partial charge < -0.3 is 10.3 Å². The van der Waals surface area contributed by atoms with Gasteiger partial charge in [0.05, 0.1) is 6.33 Å². The van der Waals surface area contributed by atoms with Crippen molar-refractivity contribution >= 4 is 33.3 Å². The van der Waals surface area contributed by atoms with Crippen LogP contribution < -0.4 is 10.9 Å². The number of H-pyrrole nitrogens is 1. The molecule has 2 N–H and O–H groups in total. The van der Waals surface area contributed by atoms with Crippen LogP contribution in [0.5, 0.6) is 0 Å². The number of rotatable bonds is 4. The van der Waals surface area contributed by atoms with Crippen LogP contribution in [0.1, 0.15) is 19.3 Å². The number of nitrogens with zero attached hydrogens (tertiary/aromatic N) is 1. The van der Waals surface area contributed by atoms with Crippen LogP contribution in [0.2, 0.25) is 0 Å². The van der Waals surface area contributed by atoms with Gasteiger partial charge in [-0.15, -0.1) is 11.6 Å². The fraction of sp³-hybridized carbons (Fsp3) is 0.636. The Bertz CT molecular complexity index is 437. The fourth-order valence-corrected chi connectivity index (χ4v) is 3.08. The van der Waals surface area contributed by atoms with Crippen molar-refractivity contribution in [1.82, 2.24) is 9.97 Å². The summed E-state index contributed by atoms with van der Waals surface area (Å²) < 4.78 is 0.459. The minimum absolute atomic E-state index is 0.164. The Kier molecular flexibility index (Phi) is 4.45. The zero-order valence-electron chi connectivity index (χ0n) is 9.38. The van der Waals surface area contributed by atoms with Crippen molar-refractivity contribution in [3.63, 3.8) is 0 Å². The second-order valence-corrected chi connectivity index (χ2v) is 5.48. The zero-order valence-corrected chi connectivity index (χ0v) is 11.7. The molecule has 2 rings (SSSR count). The molecular weight excluding hydrogens is 305 g/mol. The van der Waals surface area contributed by atoms with Crippen LogP contribution in [0.3, 0.4) is 0 Å². The largest absolute Gasteiger partial charge is 0.369 e. The number of nitrogens with one attached hydrogen (secondary N) is 2. The molecule has 2 atom stereocenters. The number of aromatic amines is 1. The molecule has 1 aliphatic carbocycles. The maximum Gasteiger partial charge on any atom is 0.267 e. The van der Waals surface area contributed by atoms with E-state index in [9.17, 15) is 4.79 Å². The molecule has 1 fully saturated rings. The van der Waals surface area contributed by atoms with Crippen molar-refractivity contribution in [3.8, 4) is 0 Å². The molecule has 0 saturated heterocycles. The number of halogens is 2. The van der Waals surface area contributed by atoms with E-state index in [1.807, 2.05) is 0 Å². The van der Waals surface area contributed by atoms with Crippen molar-refractivity contribution in [2.45, 2.75) is 19.3 Å². The lowest BCUT2D eigenvalue weighted by atomic mass is 9.98. The molecule has 94 valence electrons. The van der Waals surface area contributed by atoms with Crippen molar-refractivity contribution in [1.29, 1.82) is 0 Å². The summed E-state index contributed by atoms with van der Waals surface area (Å²) in [5, 5.41) is 3.22. The number of anilines is 1. The lowest BCUT2D eigenvalue weighted by Crippen LogP contribution is -2.21. The third-order valence-corrected chi connectivity index (χ3v) is 4.48. The number of hydrogen-bond acceptors (Lipinski definition) is 3. The Labute approximate surface area is 113 Å². The monoisotopic (exact) mass is 319 g/mol. The molecule has 0 aliphatic heterocycles. The van der Waals surface area contributed by atoms with Gasteiger partial charge in [0.25, 0.3) is 5.56 Å². The third kappa shape index (κ3) is 3.01. The van der Waals surface area contributed by atoms with Crippen molar-refractivity contribution in [2.75, 3.05) is 17.7 Å². The van der Waals surface area contributed by atoms with Crippen molar-refractivity contribution < 1.29 is 0 Å². The van der Waals surface area contributed by atoms with E-state index >= 15 is 0 Å². The molecule has 1 heterocycles. The Morgan fingerprint density at radius 2 is 2.29 bits per heavy atom. The van der Waals surface area contributed by atoms with Gasteiger partial charge in [-0.05, 0) is 40.6 Å². The summed E-state index contributed by atoms with van der Waals surface area (Å²) in [6.07, 6.45) is 5.06. The predicted octanol–water partition coefficient (Wildman–Crippen LogP) is 2.60. The highest BCUT2D eigenvalue weighted by molar-refractivity contribution is 9.10. The van der Waals surface area contributed by atoms with Crippen LogP contribution in [0.15, 0.2) is 15.6 Å². The third-order valence-electron chi connectivity index (χ3n) is 3.34. The molecule has 2 unspecified atom stereocenters. The van der Waals surface area contributed by atoms with E-state index in [-0.39, 0.29) is 5.56 Å². The van der Waals surface area contributed by atoms with E-state index < -0.39 is 0 Å². The second-order valence-electron chi connectivity index (χ2n) is 4.38. The summed E-state index contributed by atoms with van der Waals surface area (Å²) in [6.45, 7) is 0.826. The summed E-state index contributed by atoms with van der Waals surface area (Å²) >= 11 is 9.16. The summed E-state index contributed by atoms with van der Waals surface area (Å²) in [6, 6.07) is 0. The smallest absolute Gasteiger partial charge is 0.267 e. The van der Waals surface area contributed by atoms with E-state index in [2.05, 4.69) is 31.2 Å². The molecule has 0 radical (unpaired) electrons. The first kappa shape index (κ1) is 12.9. The number of hydrogen-bond donors (Lipinski definition) is 2. The Hall–Kier alpha value is -0.550. The molecular formula is C11H15BrClN3O. The maximum absolute atomic E-state index is 11.4. The Morgan fingerprint density at radius 1 is 1.53 bits per heavy atom. The van der Waals surface area contributed by atoms with E-state index in [0.29, 0.717) is 22.1 Å². The van der Waals surface area contributed by atoms with E-state index in [1.54, 1.807) is 0 Å². The van der Waals surface area contributed by atoms with Crippen molar-refractivity contribution in [3.05, 3.63) is 21.2 Å². The second kappa shape index (κ2) is 5.87. The van der Waals surface area contributed by atoms with E-state index in [1.165, 1.54) is 25.6 Å². The number of aromatic nitrogens is 2. The minimum Gasteiger partial charge on any atom is -0.369 e. The SMILES string of the molecule is O=c1[nH]cnc(NCC2CCCC2CCl)c1Br. The van der Waals surface area contributed by atoms with Gasteiger partial charge in [0, 0.05) is 12.4 Å². The van der Waals surface area contributed by atoms with Crippen LogP contribution in [0.25, 0.3) is 0 Å². The van der Waals surface area contributed by atoms with Gasteiger partial charge in [0.15, 0.2) is 0 Å². The summed E-state index contributed by atoms with van der Waals surface area (Å²) in [5.74, 6) is 2.50. The molecule has 1 saturated carbocycles. The number of alkyl halides is 1. The van der Waals surface area contributed by atoms with Gasteiger partial charge in [-0.25, -0.2) is 4.98 Å². The van der Waals surface area contributed by atoms with Crippen LogP contribution in [0, 0.1) is 11.8 Å². The molecule has 1 aromatic heterocycles. The fourth-order valence-electron chi connectivity index (χ4n) is 2.32. The first-order valence-corrected chi connectivity index (χ1v) is 7.08. The van der Waals surface area contributed by atoms with Crippen LogP contribution in [-0.4, -0.2) is 22.4 Å². The Morgan fingerprint density at radius 3 is 3.06 bits per heavy atom. The molecule has 0 amide bonds. The molecule has 0 aromatic carbocycles. The molecule has 1 aromatic rings. The zero-order chi connectivity index (χ0) is 12.3. The van der Waals surface area contributed by atoms with Gasteiger partial charge in [-0.1, -0.05) is 6.42 Å². The molecule has 1 aliphatic rings. The topological polar surface area (TPSA) is 57.8 Å². The quantitative estimate of drug-likeness (QED) is 0.838. The van der Waals surface area contributed by atoms with E-state index in [0.717, 1.165) is 12.4 Å². The van der Waals surface area contributed by atoms with Gasteiger partial charge in [-0.2, -0.15) is 0 Å². The Balaban J connectivity index is 1.98. The molecule has 4 nitrogen and oxygen atoms in total.